The van der Waals surface area contributed by atoms with Gasteiger partial charge < -0.3 is 15.8 Å². The van der Waals surface area contributed by atoms with Gasteiger partial charge in [0.15, 0.2) is 5.96 Å². The van der Waals surface area contributed by atoms with Crippen molar-refractivity contribution in [2.75, 3.05) is 13.1 Å². The number of aliphatic imine (C=N–C) groups is 1. The molecule has 1 heterocycles. The van der Waals surface area contributed by atoms with Crippen LogP contribution in [0.25, 0.3) is 0 Å². The highest BCUT2D eigenvalue weighted by Crippen LogP contribution is 2.13. The third-order valence-corrected chi connectivity index (χ3v) is 3.07. The Bertz CT molecular complexity index is 639. The van der Waals surface area contributed by atoms with Crippen molar-refractivity contribution in [1.82, 2.24) is 10.3 Å². The number of guanidine groups is 1. The first-order valence-electron chi connectivity index (χ1n) is 7.49. The molecule has 0 amide bonds. The molecule has 0 aliphatic carbocycles. The van der Waals surface area contributed by atoms with Gasteiger partial charge in [0.25, 0.3) is 0 Å². The van der Waals surface area contributed by atoms with E-state index >= 15 is 0 Å². The molecular weight excluding hydrogens is 422 g/mol. The van der Waals surface area contributed by atoms with Crippen molar-refractivity contribution >= 4 is 29.9 Å². The van der Waals surface area contributed by atoms with Gasteiger partial charge in [0.1, 0.15) is 17.7 Å². The van der Waals surface area contributed by atoms with E-state index in [2.05, 4.69) is 15.3 Å². The van der Waals surface area contributed by atoms with Gasteiger partial charge >= 0.3 is 0 Å². The van der Waals surface area contributed by atoms with Gasteiger partial charge in [-0.15, -0.1) is 24.0 Å². The summed E-state index contributed by atoms with van der Waals surface area (Å²) in [5, 5.41) is 3.03. The highest BCUT2D eigenvalue weighted by atomic mass is 127. The number of halogens is 2. The Labute approximate surface area is 158 Å². The zero-order valence-corrected chi connectivity index (χ0v) is 15.8. The molecule has 24 heavy (non-hydrogen) atoms. The molecule has 0 radical (unpaired) electrons. The average molecular weight is 444 g/mol. The van der Waals surface area contributed by atoms with E-state index in [1.54, 1.807) is 18.3 Å². The van der Waals surface area contributed by atoms with E-state index in [4.69, 9.17) is 10.5 Å². The molecule has 3 N–H and O–H groups in total. The van der Waals surface area contributed by atoms with Crippen molar-refractivity contribution in [3.05, 3.63) is 60.2 Å². The minimum absolute atomic E-state index is 0. The van der Waals surface area contributed by atoms with Crippen molar-refractivity contribution in [2.45, 2.75) is 19.4 Å². The van der Waals surface area contributed by atoms with E-state index in [0.29, 0.717) is 24.8 Å². The van der Waals surface area contributed by atoms with Crippen LogP contribution in [0.3, 0.4) is 0 Å². The Hall–Kier alpha value is -1.90. The molecular formula is C17H22FIN4O. The van der Waals surface area contributed by atoms with Crippen LogP contribution in [0.4, 0.5) is 4.39 Å². The zero-order chi connectivity index (χ0) is 16.5. The van der Waals surface area contributed by atoms with Gasteiger partial charge in [-0.25, -0.2) is 9.38 Å². The van der Waals surface area contributed by atoms with Crippen molar-refractivity contribution in [2.24, 2.45) is 10.7 Å². The standard InChI is InChI=1S/C17H21FN4O.HI/c1-13(23-16-7-4-5-14(18)11-16)12-22-17(19)21-10-8-15-6-2-3-9-20-15;/h2-7,9,11,13H,8,10,12H2,1H3,(H3,19,21,22);1H. The largest absolute Gasteiger partial charge is 0.489 e. The lowest BCUT2D eigenvalue weighted by atomic mass is 10.3. The Kier molecular flexibility index (Phi) is 9.06. The topological polar surface area (TPSA) is 72.5 Å². The molecule has 1 atom stereocenters. The molecule has 2 rings (SSSR count). The highest BCUT2D eigenvalue weighted by molar-refractivity contribution is 14.0. The summed E-state index contributed by atoms with van der Waals surface area (Å²) in [5.41, 5.74) is 6.80. The average Bonchev–Trinajstić information content (AvgIpc) is 2.54. The molecule has 130 valence electrons. The number of aromatic nitrogens is 1. The van der Waals surface area contributed by atoms with Crippen LogP contribution >= 0.6 is 24.0 Å². The number of benzene rings is 1. The second-order valence-corrected chi connectivity index (χ2v) is 5.11. The van der Waals surface area contributed by atoms with Crippen molar-refractivity contribution in [1.29, 1.82) is 0 Å². The molecule has 1 unspecified atom stereocenters. The summed E-state index contributed by atoms with van der Waals surface area (Å²) < 4.78 is 18.6. The number of rotatable bonds is 7. The highest BCUT2D eigenvalue weighted by Gasteiger charge is 2.04. The Balaban J connectivity index is 0.00000288. The van der Waals surface area contributed by atoms with Crippen LogP contribution in [0.15, 0.2) is 53.7 Å². The summed E-state index contributed by atoms with van der Waals surface area (Å²) in [5.74, 6) is 0.513. The van der Waals surface area contributed by atoms with Gasteiger partial charge in [-0.3, -0.25) is 4.98 Å². The van der Waals surface area contributed by atoms with Gasteiger partial charge in [-0.05, 0) is 31.2 Å². The zero-order valence-electron chi connectivity index (χ0n) is 13.5. The van der Waals surface area contributed by atoms with E-state index in [1.807, 2.05) is 25.1 Å². The fraction of sp³-hybridized carbons (Fsp3) is 0.294. The maximum atomic E-state index is 13.1. The minimum atomic E-state index is -0.325. The maximum Gasteiger partial charge on any atom is 0.188 e. The van der Waals surface area contributed by atoms with Crippen LogP contribution in [-0.4, -0.2) is 30.1 Å². The number of hydrogen-bond acceptors (Lipinski definition) is 3. The minimum Gasteiger partial charge on any atom is -0.489 e. The first-order chi connectivity index (χ1) is 11.1. The first-order valence-corrected chi connectivity index (χ1v) is 7.49. The number of nitrogens with two attached hydrogens (primary N) is 1. The molecule has 0 saturated carbocycles. The summed E-state index contributed by atoms with van der Waals surface area (Å²) in [6.45, 7) is 2.90. The number of nitrogens with one attached hydrogen (secondary N) is 1. The summed E-state index contributed by atoms with van der Waals surface area (Å²) >= 11 is 0. The number of hydrogen-bond donors (Lipinski definition) is 2. The lowest BCUT2D eigenvalue weighted by Crippen LogP contribution is -2.34. The van der Waals surface area contributed by atoms with Crippen molar-refractivity contribution in [3.63, 3.8) is 0 Å². The summed E-state index contributed by atoms with van der Waals surface area (Å²) in [6, 6.07) is 11.8. The molecule has 0 aliphatic rings. The maximum absolute atomic E-state index is 13.1. The van der Waals surface area contributed by atoms with Crippen LogP contribution < -0.4 is 15.8 Å². The number of pyridine rings is 1. The van der Waals surface area contributed by atoms with Crippen LogP contribution in [0, 0.1) is 5.82 Å². The lowest BCUT2D eigenvalue weighted by molar-refractivity contribution is 0.229. The predicted molar refractivity (Wildman–Crippen MR) is 104 cm³/mol. The normalized spacial score (nSPS) is 12.2. The summed E-state index contributed by atoms with van der Waals surface area (Å²) in [6.07, 6.45) is 2.33. The van der Waals surface area contributed by atoms with Crippen molar-refractivity contribution in [3.8, 4) is 5.75 Å². The van der Waals surface area contributed by atoms with E-state index < -0.39 is 0 Å². The monoisotopic (exact) mass is 444 g/mol. The Morgan fingerprint density at radius 3 is 2.88 bits per heavy atom. The second kappa shape index (κ2) is 10.8. The predicted octanol–water partition coefficient (Wildman–Crippen LogP) is 2.75. The molecule has 2 aromatic rings. The molecule has 1 aromatic heterocycles. The van der Waals surface area contributed by atoms with Gasteiger partial charge in [0, 0.05) is 30.9 Å². The van der Waals surface area contributed by atoms with Gasteiger partial charge in [0.2, 0.25) is 0 Å². The van der Waals surface area contributed by atoms with Crippen molar-refractivity contribution < 1.29 is 9.13 Å². The Morgan fingerprint density at radius 2 is 2.17 bits per heavy atom. The van der Waals surface area contributed by atoms with Crippen LogP contribution in [0.5, 0.6) is 5.75 Å². The van der Waals surface area contributed by atoms with Gasteiger partial charge in [-0.2, -0.15) is 0 Å². The first kappa shape index (κ1) is 20.1. The molecule has 0 fully saturated rings. The molecule has 1 aromatic carbocycles. The van der Waals surface area contributed by atoms with E-state index in [9.17, 15) is 4.39 Å². The van der Waals surface area contributed by atoms with Crippen LogP contribution in [0.2, 0.25) is 0 Å². The Morgan fingerprint density at radius 1 is 1.33 bits per heavy atom. The smallest absolute Gasteiger partial charge is 0.188 e. The second-order valence-electron chi connectivity index (χ2n) is 5.11. The molecule has 0 saturated heterocycles. The van der Waals surface area contributed by atoms with Gasteiger partial charge in [-0.1, -0.05) is 12.1 Å². The molecule has 0 aliphatic heterocycles. The quantitative estimate of drug-likeness (QED) is 0.392. The van der Waals surface area contributed by atoms with Crippen LogP contribution in [-0.2, 0) is 6.42 Å². The van der Waals surface area contributed by atoms with E-state index in [0.717, 1.165) is 12.1 Å². The van der Waals surface area contributed by atoms with Gasteiger partial charge in [0.05, 0.1) is 6.54 Å². The molecule has 5 nitrogen and oxygen atoms in total. The molecule has 0 spiro atoms. The third kappa shape index (κ3) is 7.58. The number of nitrogens with zero attached hydrogens (tertiary/aromatic N) is 2. The summed E-state index contributed by atoms with van der Waals surface area (Å²) in [7, 11) is 0. The van der Waals surface area contributed by atoms with E-state index in [-0.39, 0.29) is 35.9 Å². The molecule has 7 heteroatoms. The van der Waals surface area contributed by atoms with Crippen LogP contribution in [0.1, 0.15) is 12.6 Å². The fourth-order valence-corrected chi connectivity index (χ4v) is 1.96. The SMILES string of the molecule is CC(CN=C(N)NCCc1ccccn1)Oc1cccc(F)c1.I. The fourth-order valence-electron chi connectivity index (χ4n) is 1.96. The third-order valence-electron chi connectivity index (χ3n) is 3.07. The molecule has 0 bridgehead atoms. The number of ether oxygens (including phenoxy) is 1. The van der Waals surface area contributed by atoms with E-state index in [1.165, 1.54) is 12.1 Å². The lowest BCUT2D eigenvalue weighted by Gasteiger charge is -2.13. The summed E-state index contributed by atoms with van der Waals surface area (Å²) in [4.78, 5) is 8.45.